The highest BCUT2D eigenvalue weighted by Gasteiger charge is 2.41. The molecule has 1 aromatic carbocycles. The minimum absolute atomic E-state index is 0.110. The number of nitrogens with zero attached hydrogens (tertiary/aromatic N) is 1. The Labute approximate surface area is 146 Å². The number of rotatable bonds is 5. The summed E-state index contributed by atoms with van der Waals surface area (Å²) in [5, 5.41) is 2.92. The summed E-state index contributed by atoms with van der Waals surface area (Å²) in [6.07, 6.45) is 4.81. The van der Waals surface area contributed by atoms with E-state index in [0.29, 0.717) is 19.4 Å². The average molecular weight is 350 g/mol. The first-order valence-corrected chi connectivity index (χ1v) is 8.96. The highest BCUT2D eigenvalue weighted by molar-refractivity contribution is 5.80. The lowest BCUT2D eigenvalue weighted by atomic mass is 9.79. The number of carbonyl (C=O) groups is 2. The number of benzene rings is 1. The summed E-state index contributed by atoms with van der Waals surface area (Å²) in [6.45, 7) is 2.47. The molecule has 6 heteroatoms. The molecule has 1 heterocycles. The lowest BCUT2D eigenvalue weighted by Gasteiger charge is -2.44. The van der Waals surface area contributed by atoms with Crippen LogP contribution in [0.15, 0.2) is 18.2 Å². The smallest absolute Gasteiger partial charge is 0.224 e. The summed E-state index contributed by atoms with van der Waals surface area (Å²) in [4.78, 5) is 26.3. The van der Waals surface area contributed by atoms with Crippen molar-refractivity contribution in [3.8, 4) is 0 Å². The molecule has 1 saturated heterocycles. The molecule has 1 amide bonds. The standard InChI is InChI=1S/C19H24F2N2O2/c20-15-4-3-14(17(21)12-15)11-18(25)22-13-19(23-9-1-2-10-23)7-5-16(24)6-8-19/h3-4,12H,1-2,5-11,13H2,(H,22,25). The van der Waals surface area contributed by atoms with E-state index < -0.39 is 11.6 Å². The SMILES string of the molecule is O=C1CCC(CNC(=O)Cc2ccc(F)cc2F)(N2CCCC2)CC1. The number of hydrogen-bond donors (Lipinski definition) is 1. The Morgan fingerprint density at radius 2 is 1.84 bits per heavy atom. The Morgan fingerprint density at radius 1 is 1.16 bits per heavy atom. The number of amides is 1. The van der Waals surface area contributed by atoms with Gasteiger partial charge in [-0.15, -0.1) is 0 Å². The first-order chi connectivity index (χ1) is 12.0. The summed E-state index contributed by atoms with van der Waals surface area (Å²) < 4.78 is 26.7. The molecule has 0 atom stereocenters. The van der Waals surface area contributed by atoms with Crippen LogP contribution in [0.5, 0.6) is 0 Å². The van der Waals surface area contributed by atoms with Gasteiger partial charge in [-0.1, -0.05) is 6.07 Å². The van der Waals surface area contributed by atoms with E-state index in [2.05, 4.69) is 10.2 Å². The minimum atomic E-state index is -0.701. The van der Waals surface area contributed by atoms with E-state index in [1.165, 1.54) is 6.07 Å². The van der Waals surface area contributed by atoms with Crippen LogP contribution in [0.1, 0.15) is 44.1 Å². The molecule has 0 spiro atoms. The van der Waals surface area contributed by atoms with Gasteiger partial charge in [-0.3, -0.25) is 14.5 Å². The maximum atomic E-state index is 13.7. The van der Waals surface area contributed by atoms with Gasteiger partial charge < -0.3 is 5.32 Å². The average Bonchev–Trinajstić information content (AvgIpc) is 3.12. The molecule has 1 N–H and O–H groups in total. The molecule has 1 saturated carbocycles. The van der Waals surface area contributed by atoms with Crippen LogP contribution in [0.4, 0.5) is 8.78 Å². The van der Waals surface area contributed by atoms with Crippen molar-refractivity contribution in [3.63, 3.8) is 0 Å². The van der Waals surface area contributed by atoms with Crippen LogP contribution in [-0.2, 0) is 16.0 Å². The van der Waals surface area contributed by atoms with Crippen molar-refractivity contribution in [2.45, 2.75) is 50.5 Å². The molecule has 0 bridgehead atoms. The quantitative estimate of drug-likeness (QED) is 0.888. The molecule has 3 rings (SSSR count). The third kappa shape index (κ3) is 4.24. The molecule has 2 aliphatic rings. The largest absolute Gasteiger partial charge is 0.354 e. The van der Waals surface area contributed by atoms with Gasteiger partial charge in [-0.05, 0) is 50.4 Å². The Hall–Kier alpha value is -1.82. The summed E-state index contributed by atoms with van der Waals surface area (Å²) in [6, 6.07) is 3.25. The van der Waals surface area contributed by atoms with Crippen LogP contribution in [0, 0.1) is 11.6 Å². The van der Waals surface area contributed by atoms with Crippen molar-refractivity contribution in [2.24, 2.45) is 0 Å². The molecule has 1 aromatic rings. The van der Waals surface area contributed by atoms with Crippen LogP contribution in [0.2, 0.25) is 0 Å². The van der Waals surface area contributed by atoms with E-state index in [4.69, 9.17) is 0 Å². The highest BCUT2D eigenvalue weighted by atomic mass is 19.1. The number of Topliss-reactive ketones (excluding diaryl/α,β-unsaturated/α-hetero) is 1. The Balaban J connectivity index is 1.62. The number of hydrogen-bond acceptors (Lipinski definition) is 3. The van der Waals surface area contributed by atoms with Crippen LogP contribution < -0.4 is 5.32 Å². The molecule has 25 heavy (non-hydrogen) atoms. The lowest BCUT2D eigenvalue weighted by Crippen LogP contribution is -2.56. The molecular formula is C19H24F2N2O2. The zero-order chi connectivity index (χ0) is 17.9. The Kier molecular flexibility index (Phi) is 5.47. The second-order valence-corrected chi connectivity index (χ2v) is 7.15. The van der Waals surface area contributed by atoms with Gasteiger partial charge in [-0.2, -0.15) is 0 Å². The van der Waals surface area contributed by atoms with Crippen molar-refractivity contribution < 1.29 is 18.4 Å². The Bertz CT molecular complexity index is 647. The van der Waals surface area contributed by atoms with Gasteiger partial charge in [0.25, 0.3) is 0 Å². The van der Waals surface area contributed by atoms with Gasteiger partial charge in [0.15, 0.2) is 0 Å². The zero-order valence-electron chi connectivity index (χ0n) is 14.3. The zero-order valence-corrected chi connectivity index (χ0v) is 14.3. The van der Waals surface area contributed by atoms with Gasteiger partial charge >= 0.3 is 0 Å². The second kappa shape index (κ2) is 7.60. The molecule has 0 radical (unpaired) electrons. The highest BCUT2D eigenvalue weighted by Crippen LogP contribution is 2.34. The van der Waals surface area contributed by atoms with E-state index in [1.807, 2.05) is 0 Å². The fourth-order valence-corrected chi connectivity index (χ4v) is 3.95. The molecule has 1 aliphatic carbocycles. The van der Waals surface area contributed by atoms with Crippen molar-refractivity contribution in [1.82, 2.24) is 10.2 Å². The summed E-state index contributed by atoms with van der Waals surface area (Å²) >= 11 is 0. The third-order valence-corrected chi connectivity index (χ3v) is 5.50. The van der Waals surface area contributed by atoms with E-state index in [-0.39, 0.29) is 29.2 Å². The number of likely N-dealkylation sites (tertiary alicyclic amines) is 1. The van der Waals surface area contributed by atoms with Crippen LogP contribution in [-0.4, -0.2) is 41.8 Å². The van der Waals surface area contributed by atoms with Gasteiger partial charge in [0.2, 0.25) is 5.91 Å². The van der Waals surface area contributed by atoms with E-state index in [9.17, 15) is 18.4 Å². The normalized spacial score (nSPS) is 20.6. The first-order valence-electron chi connectivity index (χ1n) is 8.96. The molecule has 0 unspecified atom stereocenters. The van der Waals surface area contributed by atoms with Crippen molar-refractivity contribution in [2.75, 3.05) is 19.6 Å². The number of ketones is 1. The minimum Gasteiger partial charge on any atom is -0.354 e. The summed E-state index contributed by atoms with van der Waals surface area (Å²) in [7, 11) is 0. The first kappa shape index (κ1) is 18.0. The van der Waals surface area contributed by atoms with Crippen LogP contribution in [0.25, 0.3) is 0 Å². The number of carbonyl (C=O) groups excluding carboxylic acids is 2. The fourth-order valence-electron chi connectivity index (χ4n) is 3.95. The molecule has 136 valence electrons. The second-order valence-electron chi connectivity index (χ2n) is 7.15. The molecule has 1 aliphatic heterocycles. The van der Waals surface area contributed by atoms with Gasteiger partial charge in [0, 0.05) is 31.0 Å². The molecule has 2 fully saturated rings. The monoisotopic (exact) mass is 350 g/mol. The predicted octanol–water partition coefficient (Wildman–Crippen LogP) is 2.60. The van der Waals surface area contributed by atoms with Crippen molar-refractivity contribution >= 4 is 11.7 Å². The van der Waals surface area contributed by atoms with Crippen LogP contribution >= 0.6 is 0 Å². The number of halogens is 2. The van der Waals surface area contributed by atoms with E-state index in [1.54, 1.807) is 0 Å². The maximum absolute atomic E-state index is 13.7. The fraction of sp³-hybridized carbons (Fsp3) is 0.579. The third-order valence-electron chi connectivity index (χ3n) is 5.50. The van der Waals surface area contributed by atoms with E-state index >= 15 is 0 Å². The van der Waals surface area contributed by atoms with Gasteiger partial charge in [-0.25, -0.2) is 8.78 Å². The topological polar surface area (TPSA) is 49.4 Å². The van der Waals surface area contributed by atoms with Crippen molar-refractivity contribution in [3.05, 3.63) is 35.4 Å². The number of nitrogens with one attached hydrogen (secondary N) is 1. The van der Waals surface area contributed by atoms with Crippen molar-refractivity contribution in [1.29, 1.82) is 0 Å². The molecular weight excluding hydrogens is 326 g/mol. The molecule has 4 nitrogen and oxygen atoms in total. The van der Waals surface area contributed by atoms with Crippen LogP contribution in [0.3, 0.4) is 0 Å². The van der Waals surface area contributed by atoms with Gasteiger partial charge in [0.1, 0.15) is 17.4 Å². The lowest BCUT2D eigenvalue weighted by molar-refractivity contribution is -0.123. The van der Waals surface area contributed by atoms with E-state index in [0.717, 1.165) is 50.9 Å². The predicted molar refractivity (Wildman–Crippen MR) is 90.1 cm³/mol. The summed E-state index contributed by atoms with van der Waals surface area (Å²) in [5.41, 5.74) is 0.0226. The van der Waals surface area contributed by atoms with Gasteiger partial charge in [0.05, 0.1) is 6.42 Å². The Morgan fingerprint density at radius 3 is 2.48 bits per heavy atom. The maximum Gasteiger partial charge on any atom is 0.224 e. The summed E-state index contributed by atoms with van der Waals surface area (Å²) in [5.74, 6) is -1.34. The molecule has 0 aromatic heterocycles.